The Morgan fingerprint density at radius 2 is 1.89 bits per heavy atom. The molecule has 102 valence electrons. The summed E-state index contributed by atoms with van der Waals surface area (Å²) in [6.45, 7) is 9.80. The lowest BCUT2D eigenvalue weighted by Gasteiger charge is -2.33. The van der Waals surface area contributed by atoms with Crippen LogP contribution in [-0.4, -0.2) is 17.6 Å². The Balaban J connectivity index is 3.07. The first-order valence-corrected chi connectivity index (χ1v) is 7.05. The van der Waals surface area contributed by atoms with Gasteiger partial charge < -0.3 is 10.6 Å². The molecule has 18 heavy (non-hydrogen) atoms. The van der Waals surface area contributed by atoms with Crippen LogP contribution in [0.5, 0.6) is 0 Å². The zero-order valence-electron chi connectivity index (χ0n) is 11.8. The van der Waals surface area contributed by atoms with Crippen molar-refractivity contribution in [2.45, 2.75) is 46.6 Å². The van der Waals surface area contributed by atoms with Gasteiger partial charge in [0.25, 0.3) is 0 Å². The van der Waals surface area contributed by atoms with Gasteiger partial charge in [-0.1, -0.05) is 39.3 Å². The third-order valence-electron chi connectivity index (χ3n) is 3.04. The van der Waals surface area contributed by atoms with Crippen LogP contribution >= 0.6 is 11.6 Å². The Bertz CT molecular complexity index is 355. The van der Waals surface area contributed by atoms with Gasteiger partial charge in [-0.2, -0.15) is 0 Å². The molecule has 2 N–H and O–H groups in total. The zero-order valence-corrected chi connectivity index (χ0v) is 12.5. The van der Waals surface area contributed by atoms with Crippen LogP contribution in [0.25, 0.3) is 0 Å². The average molecular weight is 270 g/mol. The van der Waals surface area contributed by atoms with Gasteiger partial charge in [0.2, 0.25) is 0 Å². The van der Waals surface area contributed by atoms with E-state index in [1.165, 1.54) is 0 Å². The standard InChI is InChI=1S/C14H24ClN3/c1-5-12(6-2)18(9-10(3)4)14-8-11(16)7-13(15)17-14/h7-8,10,12H,5-6,9H2,1-4H3,(H2,16,17). The Morgan fingerprint density at radius 3 is 2.33 bits per heavy atom. The number of hydrogen-bond donors (Lipinski definition) is 1. The smallest absolute Gasteiger partial charge is 0.133 e. The van der Waals surface area contributed by atoms with E-state index in [1.807, 2.05) is 6.07 Å². The number of pyridine rings is 1. The third kappa shape index (κ3) is 4.05. The SMILES string of the molecule is CCC(CC)N(CC(C)C)c1cc(N)cc(Cl)n1. The summed E-state index contributed by atoms with van der Waals surface area (Å²) in [5.41, 5.74) is 6.53. The average Bonchev–Trinajstić information content (AvgIpc) is 2.27. The lowest BCUT2D eigenvalue weighted by molar-refractivity contribution is 0.503. The van der Waals surface area contributed by atoms with Crippen LogP contribution in [0.4, 0.5) is 11.5 Å². The lowest BCUT2D eigenvalue weighted by atomic mass is 10.1. The van der Waals surface area contributed by atoms with Gasteiger partial charge in [0.15, 0.2) is 0 Å². The fourth-order valence-electron chi connectivity index (χ4n) is 2.20. The van der Waals surface area contributed by atoms with E-state index in [9.17, 15) is 0 Å². The molecule has 0 bridgehead atoms. The van der Waals surface area contributed by atoms with Crippen LogP contribution in [-0.2, 0) is 0 Å². The maximum absolute atomic E-state index is 6.00. The van der Waals surface area contributed by atoms with Gasteiger partial charge in [0.05, 0.1) is 0 Å². The highest BCUT2D eigenvalue weighted by Crippen LogP contribution is 2.24. The fourth-order valence-corrected chi connectivity index (χ4v) is 2.41. The van der Waals surface area contributed by atoms with Crippen molar-refractivity contribution in [1.82, 2.24) is 4.98 Å². The summed E-state index contributed by atoms with van der Waals surface area (Å²) in [5.74, 6) is 1.47. The molecule has 0 aromatic carbocycles. The monoisotopic (exact) mass is 269 g/mol. The molecule has 3 nitrogen and oxygen atoms in total. The number of nitrogens with zero attached hydrogens (tertiary/aromatic N) is 2. The van der Waals surface area contributed by atoms with Crippen molar-refractivity contribution in [1.29, 1.82) is 0 Å². The second-order valence-corrected chi connectivity index (χ2v) is 5.49. The number of nitrogens with two attached hydrogens (primary N) is 1. The van der Waals surface area contributed by atoms with Gasteiger partial charge in [-0.25, -0.2) is 4.98 Å². The number of hydrogen-bond acceptors (Lipinski definition) is 3. The van der Waals surface area contributed by atoms with E-state index in [0.29, 0.717) is 22.8 Å². The molecule has 0 aliphatic rings. The maximum atomic E-state index is 6.00. The van der Waals surface area contributed by atoms with Crippen molar-refractivity contribution < 1.29 is 0 Å². The molecular formula is C14H24ClN3. The molecule has 0 unspecified atom stereocenters. The number of aromatic nitrogens is 1. The molecule has 1 rings (SSSR count). The molecule has 1 aromatic rings. The van der Waals surface area contributed by atoms with Crippen molar-refractivity contribution in [3.63, 3.8) is 0 Å². The van der Waals surface area contributed by atoms with Crippen molar-refractivity contribution in [3.8, 4) is 0 Å². The topological polar surface area (TPSA) is 42.1 Å². The first-order valence-electron chi connectivity index (χ1n) is 6.67. The van der Waals surface area contributed by atoms with E-state index in [-0.39, 0.29) is 0 Å². The first-order chi connectivity index (χ1) is 8.47. The Morgan fingerprint density at radius 1 is 1.28 bits per heavy atom. The molecule has 0 atom stereocenters. The Hall–Kier alpha value is -0.960. The number of nitrogen functional groups attached to an aromatic ring is 1. The summed E-state index contributed by atoms with van der Waals surface area (Å²) in [5, 5.41) is 0.463. The van der Waals surface area contributed by atoms with Crippen molar-refractivity contribution in [2.75, 3.05) is 17.2 Å². The molecule has 0 saturated carbocycles. The quantitative estimate of drug-likeness (QED) is 0.795. The summed E-state index contributed by atoms with van der Waals surface area (Å²) >= 11 is 6.00. The van der Waals surface area contributed by atoms with Crippen LogP contribution in [0.2, 0.25) is 5.15 Å². The van der Waals surface area contributed by atoms with Crippen LogP contribution in [0.1, 0.15) is 40.5 Å². The molecule has 0 radical (unpaired) electrons. The lowest BCUT2D eigenvalue weighted by Crippen LogP contribution is -2.38. The number of halogens is 1. The van der Waals surface area contributed by atoms with E-state index in [1.54, 1.807) is 6.07 Å². The molecule has 0 fully saturated rings. The van der Waals surface area contributed by atoms with E-state index in [4.69, 9.17) is 17.3 Å². The predicted octanol–water partition coefficient (Wildman–Crippen LogP) is 3.97. The summed E-state index contributed by atoms with van der Waals surface area (Å²) in [6.07, 6.45) is 2.19. The largest absolute Gasteiger partial charge is 0.399 e. The minimum Gasteiger partial charge on any atom is -0.399 e. The second kappa shape index (κ2) is 6.83. The molecule has 0 saturated heterocycles. The Kier molecular flexibility index (Phi) is 5.73. The summed E-state index contributed by atoms with van der Waals surface area (Å²) < 4.78 is 0. The van der Waals surface area contributed by atoms with Gasteiger partial charge in [-0.05, 0) is 24.8 Å². The molecule has 0 amide bonds. The van der Waals surface area contributed by atoms with E-state index in [0.717, 1.165) is 25.2 Å². The molecule has 0 spiro atoms. The highest BCUT2D eigenvalue weighted by molar-refractivity contribution is 6.29. The summed E-state index contributed by atoms with van der Waals surface area (Å²) in [6, 6.07) is 4.08. The van der Waals surface area contributed by atoms with Gasteiger partial charge in [0.1, 0.15) is 11.0 Å². The molecule has 4 heteroatoms. The highest BCUT2D eigenvalue weighted by Gasteiger charge is 2.18. The normalized spacial score (nSPS) is 11.3. The zero-order chi connectivity index (χ0) is 13.7. The summed E-state index contributed by atoms with van der Waals surface area (Å²) in [7, 11) is 0. The molecular weight excluding hydrogens is 246 g/mol. The van der Waals surface area contributed by atoms with E-state index in [2.05, 4.69) is 37.6 Å². The highest BCUT2D eigenvalue weighted by atomic mass is 35.5. The van der Waals surface area contributed by atoms with Crippen LogP contribution in [0, 0.1) is 5.92 Å². The van der Waals surface area contributed by atoms with Gasteiger partial charge in [-0.15, -0.1) is 0 Å². The first kappa shape index (κ1) is 15.1. The summed E-state index contributed by atoms with van der Waals surface area (Å²) in [4.78, 5) is 6.74. The van der Waals surface area contributed by atoms with Crippen molar-refractivity contribution in [2.24, 2.45) is 5.92 Å². The van der Waals surface area contributed by atoms with E-state index >= 15 is 0 Å². The second-order valence-electron chi connectivity index (χ2n) is 5.10. The Labute approximate surface area is 115 Å². The van der Waals surface area contributed by atoms with Crippen molar-refractivity contribution in [3.05, 3.63) is 17.3 Å². The minimum absolute atomic E-state index is 0.463. The minimum atomic E-state index is 0.463. The van der Waals surface area contributed by atoms with Gasteiger partial charge >= 0.3 is 0 Å². The van der Waals surface area contributed by atoms with Crippen LogP contribution < -0.4 is 10.6 Å². The van der Waals surface area contributed by atoms with E-state index < -0.39 is 0 Å². The molecule has 1 heterocycles. The maximum Gasteiger partial charge on any atom is 0.133 e. The third-order valence-corrected chi connectivity index (χ3v) is 3.24. The predicted molar refractivity (Wildman–Crippen MR) is 80.2 cm³/mol. The molecule has 1 aromatic heterocycles. The van der Waals surface area contributed by atoms with Crippen LogP contribution in [0.3, 0.4) is 0 Å². The molecule has 0 aliphatic heterocycles. The van der Waals surface area contributed by atoms with Gasteiger partial charge in [0, 0.05) is 24.3 Å². The van der Waals surface area contributed by atoms with Crippen LogP contribution in [0.15, 0.2) is 12.1 Å². The fraction of sp³-hybridized carbons (Fsp3) is 0.643. The van der Waals surface area contributed by atoms with Crippen molar-refractivity contribution >= 4 is 23.1 Å². The number of rotatable bonds is 6. The van der Waals surface area contributed by atoms with Gasteiger partial charge in [-0.3, -0.25) is 0 Å². The molecule has 0 aliphatic carbocycles. The number of anilines is 2.